The van der Waals surface area contributed by atoms with Crippen molar-refractivity contribution in [2.24, 2.45) is 0 Å². The Morgan fingerprint density at radius 3 is 2.33 bits per heavy atom. The second-order valence-electron chi connectivity index (χ2n) is 7.33. The van der Waals surface area contributed by atoms with Crippen molar-refractivity contribution in [2.75, 3.05) is 13.7 Å². The number of ether oxygens (including phenoxy) is 1. The van der Waals surface area contributed by atoms with Gasteiger partial charge in [0.05, 0.1) is 5.02 Å². The van der Waals surface area contributed by atoms with Crippen LogP contribution in [0.5, 0.6) is 5.75 Å². The number of carbonyl (C=O) groups is 2. The molecule has 0 bridgehead atoms. The molecule has 172 valence electrons. The van der Waals surface area contributed by atoms with Crippen LogP contribution in [0.2, 0.25) is 10.0 Å². The number of nitrogens with one attached hydrogen (secondary N) is 1. The Kier molecular flexibility index (Phi) is 9.18. The Hall–Kier alpha value is -2.54. The number of carbonyl (C=O) groups excluding carboxylic acids is 2. The maximum atomic E-state index is 13.4. The van der Waals surface area contributed by atoms with Gasteiger partial charge in [0, 0.05) is 29.5 Å². The molecule has 0 aliphatic rings. The first-order chi connectivity index (χ1) is 15.9. The Balaban J connectivity index is 1.87. The van der Waals surface area contributed by atoms with Crippen LogP contribution in [-0.4, -0.2) is 36.4 Å². The third kappa shape index (κ3) is 7.22. The van der Waals surface area contributed by atoms with Gasteiger partial charge < -0.3 is 15.0 Å². The van der Waals surface area contributed by atoms with Gasteiger partial charge in [-0.15, -0.1) is 0 Å². The van der Waals surface area contributed by atoms with Crippen molar-refractivity contribution < 1.29 is 14.3 Å². The number of hydrogen-bond donors (Lipinski definition) is 1. The third-order valence-corrected chi connectivity index (χ3v) is 6.09. The molecule has 1 atom stereocenters. The molecule has 8 heteroatoms. The number of likely N-dealkylation sites (N-methyl/N-ethyl adjacent to an activating group) is 1. The number of benzene rings is 3. The van der Waals surface area contributed by atoms with E-state index in [4.69, 9.17) is 27.9 Å². The van der Waals surface area contributed by atoms with Crippen LogP contribution in [0.25, 0.3) is 0 Å². The molecule has 0 aliphatic heterocycles. The summed E-state index contributed by atoms with van der Waals surface area (Å²) in [5.74, 6) is -0.250. The van der Waals surface area contributed by atoms with Gasteiger partial charge in [0.1, 0.15) is 11.8 Å². The predicted molar refractivity (Wildman–Crippen MR) is 135 cm³/mol. The van der Waals surface area contributed by atoms with Crippen molar-refractivity contribution in [3.63, 3.8) is 0 Å². The molecule has 3 aromatic rings. The molecule has 1 unspecified atom stereocenters. The summed E-state index contributed by atoms with van der Waals surface area (Å²) in [6, 6.07) is 21.3. The lowest BCUT2D eigenvalue weighted by atomic mass is 10.0. The number of hydrogen-bond acceptors (Lipinski definition) is 3. The zero-order chi connectivity index (χ0) is 23.8. The molecule has 33 heavy (non-hydrogen) atoms. The van der Waals surface area contributed by atoms with E-state index in [2.05, 4.69) is 21.2 Å². The van der Waals surface area contributed by atoms with Crippen LogP contribution in [0.4, 0.5) is 0 Å². The molecule has 0 heterocycles. The van der Waals surface area contributed by atoms with E-state index in [-0.39, 0.29) is 25.0 Å². The second kappa shape index (κ2) is 12.1. The van der Waals surface area contributed by atoms with E-state index in [1.807, 2.05) is 54.6 Å². The van der Waals surface area contributed by atoms with E-state index in [9.17, 15) is 9.59 Å². The molecular formula is C25H23BrCl2N2O3. The van der Waals surface area contributed by atoms with E-state index in [1.54, 1.807) is 30.1 Å². The molecule has 0 aliphatic carbocycles. The molecule has 0 saturated carbocycles. The molecule has 0 spiro atoms. The largest absolute Gasteiger partial charge is 0.482 e. The van der Waals surface area contributed by atoms with E-state index < -0.39 is 6.04 Å². The summed E-state index contributed by atoms with van der Waals surface area (Å²) < 4.78 is 6.61. The first-order valence-corrected chi connectivity index (χ1v) is 11.8. The average Bonchev–Trinajstić information content (AvgIpc) is 2.82. The zero-order valence-corrected chi connectivity index (χ0v) is 21.0. The minimum Gasteiger partial charge on any atom is -0.482 e. The highest BCUT2D eigenvalue weighted by Gasteiger charge is 2.30. The number of halogens is 3. The molecule has 2 amide bonds. The Morgan fingerprint density at radius 2 is 1.70 bits per heavy atom. The molecule has 1 N–H and O–H groups in total. The van der Waals surface area contributed by atoms with Crippen LogP contribution < -0.4 is 10.1 Å². The van der Waals surface area contributed by atoms with Crippen LogP contribution >= 0.6 is 39.1 Å². The number of rotatable bonds is 9. The van der Waals surface area contributed by atoms with Gasteiger partial charge in [-0.2, -0.15) is 0 Å². The SMILES string of the molecule is CNC(=O)C(Cc1ccccc1)N(Cc1ccc(Br)cc1)C(=O)COc1ccc(Cl)cc1Cl. The van der Waals surface area contributed by atoms with Crippen molar-refractivity contribution in [2.45, 2.75) is 19.0 Å². The Labute approximate surface area is 211 Å². The van der Waals surface area contributed by atoms with E-state index in [0.29, 0.717) is 22.2 Å². The smallest absolute Gasteiger partial charge is 0.261 e. The van der Waals surface area contributed by atoms with Gasteiger partial charge >= 0.3 is 0 Å². The molecule has 0 fully saturated rings. The summed E-state index contributed by atoms with van der Waals surface area (Å²) in [4.78, 5) is 27.8. The maximum Gasteiger partial charge on any atom is 0.261 e. The summed E-state index contributed by atoms with van der Waals surface area (Å²) >= 11 is 15.5. The molecular weight excluding hydrogens is 527 g/mol. The van der Waals surface area contributed by atoms with E-state index in [1.165, 1.54) is 0 Å². The van der Waals surface area contributed by atoms with Crippen LogP contribution in [0.3, 0.4) is 0 Å². The first-order valence-electron chi connectivity index (χ1n) is 10.2. The van der Waals surface area contributed by atoms with Crippen molar-refractivity contribution in [3.8, 4) is 5.75 Å². The first kappa shape index (κ1) is 25.1. The van der Waals surface area contributed by atoms with Gasteiger partial charge in [0.2, 0.25) is 5.91 Å². The van der Waals surface area contributed by atoms with Crippen LogP contribution in [0.1, 0.15) is 11.1 Å². The van der Waals surface area contributed by atoms with Crippen LogP contribution in [0, 0.1) is 0 Å². The highest BCUT2D eigenvalue weighted by Crippen LogP contribution is 2.27. The lowest BCUT2D eigenvalue weighted by molar-refractivity contribution is -0.142. The minimum atomic E-state index is -0.724. The van der Waals surface area contributed by atoms with Crippen molar-refractivity contribution in [1.29, 1.82) is 0 Å². The van der Waals surface area contributed by atoms with Gasteiger partial charge in [-0.1, -0.05) is 81.6 Å². The van der Waals surface area contributed by atoms with Crippen molar-refractivity contribution >= 4 is 50.9 Å². The molecule has 3 aromatic carbocycles. The molecule has 0 radical (unpaired) electrons. The highest BCUT2D eigenvalue weighted by atomic mass is 79.9. The van der Waals surface area contributed by atoms with Crippen LogP contribution in [0.15, 0.2) is 77.3 Å². The Morgan fingerprint density at radius 1 is 1.00 bits per heavy atom. The summed E-state index contributed by atoms with van der Waals surface area (Å²) in [7, 11) is 1.56. The van der Waals surface area contributed by atoms with E-state index >= 15 is 0 Å². The normalized spacial score (nSPS) is 11.5. The fourth-order valence-electron chi connectivity index (χ4n) is 3.32. The summed E-state index contributed by atoms with van der Waals surface area (Å²) in [5, 5.41) is 3.47. The topological polar surface area (TPSA) is 58.6 Å². The summed E-state index contributed by atoms with van der Waals surface area (Å²) in [6.07, 6.45) is 0.366. The minimum absolute atomic E-state index is 0.245. The third-order valence-electron chi connectivity index (χ3n) is 5.03. The monoisotopic (exact) mass is 548 g/mol. The van der Waals surface area contributed by atoms with E-state index in [0.717, 1.165) is 15.6 Å². The number of nitrogens with zero attached hydrogens (tertiary/aromatic N) is 1. The van der Waals surface area contributed by atoms with Gasteiger partial charge in [-0.25, -0.2) is 0 Å². The zero-order valence-electron chi connectivity index (χ0n) is 17.9. The Bertz CT molecular complexity index is 1090. The van der Waals surface area contributed by atoms with Crippen LogP contribution in [-0.2, 0) is 22.6 Å². The van der Waals surface area contributed by atoms with Crippen molar-refractivity contribution in [3.05, 3.63) is 98.4 Å². The quantitative estimate of drug-likeness (QED) is 0.382. The highest BCUT2D eigenvalue weighted by molar-refractivity contribution is 9.10. The fraction of sp³-hybridized carbons (Fsp3) is 0.200. The molecule has 5 nitrogen and oxygen atoms in total. The second-order valence-corrected chi connectivity index (χ2v) is 9.09. The van der Waals surface area contributed by atoms with Crippen molar-refractivity contribution in [1.82, 2.24) is 10.2 Å². The summed E-state index contributed by atoms with van der Waals surface area (Å²) in [6.45, 7) is -0.0328. The van der Waals surface area contributed by atoms with Gasteiger partial charge in [-0.3, -0.25) is 9.59 Å². The summed E-state index contributed by atoms with van der Waals surface area (Å²) in [5.41, 5.74) is 1.83. The maximum absolute atomic E-state index is 13.4. The lowest BCUT2D eigenvalue weighted by Gasteiger charge is -2.31. The molecule has 0 aromatic heterocycles. The average molecular weight is 550 g/mol. The fourth-order valence-corrected chi connectivity index (χ4v) is 4.05. The van der Waals surface area contributed by atoms with Gasteiger partial charge in [0.15, 0.2) is 6.61 Å². The predicted octanol–water partition coefficient (Wildman–Crippen LogP) is 5.52. The standard InChI is InChI=1S/C25H23BrCl2N2O3/c1-29-25(32)22(13-17-5-3-2-4-6-17)30(15-18-7-9-19(26)10-8-18)24(31)16-33-23-12-11-20(27)14-21(23)28/h2-12,14,22H,13,15-16H2,1H3,(H,29,32). The molecule has 3 rings (SSSR count). The van der Waals surface area contributed by atoms with Gasteiger partial charge in [0.25, 0.3) is 5.91 Å². The molecule has 0 saturated heterocycles. The van der Waals surface area contributed by atoms with Gasteiger partial charge in [-0.05, 0) is 41.5 Å². The number of amides is 2. The lowest BCUT2D eigenvalue weighted by Crippen LogP contribution is -2.51.